The third-order valence-corrected chi connectivity index (χ3v) is 13.0. The van der Waals surface area contributed by atoms with Crippen molar-refractivity contribution in [2.45, 2.75) is 75.5 Å². The van der Waals surface area contributed by atoms with Crippen LogP contribution in [0.2, 0.25) is 0 Å². The van der Waals surface area contributed by atoms with Crippen molar-refractivity contribution in [1.82, 2.24) is 45.4 Å². The second-order valence-corrected chi connectivity index (χ2v) is 16.7. The lowest BCUT2D eigenvalue weighted by molar-refractivity contribution is -0.137. The van der Waals surface area contributed by atoms with Crippen molar-refractivity contribution in [3.63, 3.8) is 0 Å². The van der Waals surface area contributed by atoms with Crippen LogP contribution in [0.3, 0.4) is 0 Å². The summed E-state index contributed by atoms with van der Waals surface area (Å²) in [5, 5.41) is 7.71. The summed E-state index contributed by atoms with van der Waals surface area (Å²) >= 11 is 0. The van der Waals surface area contributed by atoms with Crippen LogP contribution in [0.15, 0.2) is 54.7 Å². The molecule has 9 rings (SSSR count). The van der Waals surface area contributed by atoms with Gasteiger partial charge < -0.3 is 49.3 Å². The van der Waals surface area contributed by atoms with Gasteiger partial charge in [0.05, 0.1) is 49.4 Å². The molecule has 0 saturated carbocycles. The fraction of sp³-hybridized carbons (Fsp3) is 0.489. The van der Waals surface area contributed by atoms with Crippen molar-refractivity contribution in [1.29, 1.82) is 0 Å². The first-order valence-corrected chi connectivity index (χ1v) is 21.7. The number of methoxy groups -OCH3 is 2. The topological polar surface area (TPSA) is 206 Å². The molecule has 17 heteroatoms. The van der Waals surface area contributed by atoms with Crippen molar-refractivity contribution < 1.29 is 38.1 Å². The van der Waals surface area contributed by atoms with E-state index in [9.17, 15) is 19.2 Å². The first-order valence-electron chi connectivity index (χ1n) is 21.7. The maximum absolute atomic E-state index is 14.1. The Morgan fingerprint density at radius 1 is 0.677 bits per heavy atom. The van der Waals surface area contributed by atoms with Crippen LogP contribution in [0.25, 0.3) is 44.5 Å². The van der Waals surface area contributed by atoms with Crippen LogP contribution in [0.4, 0.5) is 9.59 Å². The molecule has 4 amide bonds. The summed E-state index contributed by atoms with van der Waals surface area (Å²) in [6.45, 7) is 3.35. The van der Waals surface area contributed by atoms with Gasteiger partial charge in [-0.25, -0.2) is 24.5 Å². The number of hydrogen-bond acceptors (Lipinski definition) is 11. The number of imidazole rings is 2. The first-order chi connectivity index (χ1) is 30.3. The van der Waals surface area contributed by atoms with Crippen molar-refractivity contribution in [3.8, 4) is 22.5 Å². The molecule has 5 aromatic rings. The number of rotatable bonds is 10. The van der Waals surface area contributed by atoms with Crippen LogP contribution in [0.5, 0.6) is 0 Å². The Morgan fingerprint density at radius 2 is 1.23 bits per heavy atom. The molecule has 17 nitrogen and oxygen atoms in total. The SMILES string of the molecule is COC(=O)N[C@H](C(=O)N1CCC[C@H]1c1ncc(-c2ccc3cc(-c4ccc5[nH]c([C@@H]6CCCN6C(=O)[C@@H](NC(=O)OC)C6CCOCC6)nc5n4)ccc3c2)[nH]1)C1CCOCC1. The third-order valence-electron chi connectivity index (χ3n) is 13.0. The van der Waals surface area contributed by atoms with Crippen LogP contribution >= 0.6 is 0 Å². The molecule has 4 atom stereocenters. The summed E-state index contributed by atoms with van der Waals surface area (Å²) in [5.41, 5.74) is 4.88. The number of nitrogens with zero attached hydrogens (tertiary/aromatic N) is 5. The lowest BCUT2D eigenvalue weighted by Crippen LogP contribution is -2.53. The average molecular weight is 848 g/mol. The van der Waals surface area contributed by atoms with E-state index in [2.05, 4.69) is 50.9 Å². The maximum atomic E-state index is 14.1. The second-order valence-electron chi connectivity index (χ2n) is 16.7. The zero-order chi connectivity index (χ0) is 42.7. The van der Waals surface area contributed by atoms with E-state index < -0.39 is 24.3 Å². The van der Waals surface area contributed by atoms with E-state index in [1.165, 1.54) is 14.2 Å². The van der Waals surface area contributed by atoms with Gasteiger partial charge in [-0.2, -0.15) is 0 Å². The highest BCUT2D eigenvalue weighted by atomic mass is 16.5. The molecular weight excluding hydrogens is 795 g/mol. The molecular formula is C45H53N9O8. The highest BCUT2D eigenvalue weighted by Gasteiger charge is 2.42. The molecule has 0 spiro atoms. The average Bonchev–Trinajstić information content (AvgIpc) is 4.16. The van der Waals surface area contributed by atoms with Gasteiger partial charge in [-0.1, -0.05) is 24.3 Å². The lowest BCUT2D eigenvalue weighted by Gasteiger charge is -2.34. The summed E-state index contributed by atoms with van der Waals surface area (Å²) in [7, 11) is 2.61. The fourth-order valence-corrected chi connectivity index (χ4v) is 9.67. The number of ether oxygens (including phenoxy) is 4. The zero-order valence-electron chi connectivity index (χ0n) is 35.1. The molecule has 0 aliphatic carbocycles. The predicted octanol–water partition coefficient (Wildman–Crippen LogP) is 5.80. The molecule has 62 heavy (non-hydrogen) atoms. The number of H-pyrrole nitrogens is 2. The van der Waals surface area contributed by atoms with E-state index >= 15 is 0 Å². The van der Waals surface area contributed by atoms with E-state index in [1.807, 2.05) is 34.2 Å². The molecule has 3 aromatic heterocycles. The summed E-state index contributed by atoms with van der Waals surface area (Å²) in [5.74, 6) is 1.05. The Bertz CT molecular complexity index is 2440. The molecule has 4 aliphatic rings. The number of aromatic amines is 2. The molecule has 0 bridgehead atoms. The molecule has 4 N–H and O–H groups in total. The minimum absolute atomic E-state index is 0.0359. The monoisotopic (exact) mass is 847 g/mol. The van der Waals surface area contributed by atoms with E-state index in [0.29, 0.717) is 76.7 Å². The van der Waals surface area contributed by atoms with Gasteiger partial charge in [0.25, 0.3) is 0 Å². The Balaban J connectivity index is 0.900. The van der Waals surface area contributed by atoms with Gasteiger partial charge >= 0.3 is 12.2 Å². The summed E-state index contributed by atoms with van der Waals surface area (Å²) in [6, 6.07) is 14.5. The van der Waals surface area contributed by atoms with Gasteiger partial charge in [-0.3, -0.25) is 9.59 Å². The molecule has 4 saturated heterocycles. The largest absolute Gasteiger partial charge is 0.453 e. The maximum Gasteiger partial charge on any atom is 0.407 e. The summed E-state index contributed by atoms with van der Waals surface area (Å²) in [4.78, 5) is 77.9. The number of carbonyl (C=O) groups excluding carboxylic acids is 4. The molecule has 0 unspecified atom stereocenters. The van der Waals surface area contributed by atoms with Gasteiger partial charge in [0, 0.05) is 50.6 Å². The number of fused-ring (bicyclic) bond motifs is 2. The Labute approximate surface area is 358 Å². The molecule has 4 aliphatic heterocycles. The van der Waals surface area contributed by atoms with Gasteiger partial charge in [0.2, 0.25) is 11.8 Å². The third kappa shape index (κ3) is 8.42. The van der Waals surface area contributed by atoms with Crippen molar-refractivity contribution in [3.05, 3.63) is 66.4 Å². The normalized spacial score (nSPS) is 20.9. The number of likely N-dealkylation sites (tertiary alicyclic amines) is 2. The van der Waals surface area contributed by atoms with E-state index in [-0.39, 0.29) is 35.7 Å². The molecule has 4 fully saturated rings. The van der Waals surface area contributed by atoms with Crippen LogP contribution in [0, 0.1) is 11.8 Å². The number of aromatic nitrogens is 5. The number of benzene rings is 2. The van der Waals surface area contributed by atoms with Crippen molar-refractivity contribution >= 4 is 45.9 Å². The van der Waals surface area contributed by atoms with Gasteiger partial charge in [0.15, 0.2) is 5.65 Å². The fourth-order valence-electron chi connectivity index (χ4n) is 9.67. The Morgan fingerprint density at radius 3 is 1.81 bits per heavy atom. The van der Waals surface area contributed by atoms with E-state index in [4.69, 9.17) is 33.9 Å². The predicted molar refractivity (Wildman–Crippen MR) is 228 cm³/mol. The number of nitrogens with one attached hydrogen (secondary N) is 4. The van der Waals surface area contributed by atoms with Gasteiger partial charge in [-0.15, -0.1) is 0 Å². The van der Waals surface area contributed by atoms with E-state index in [0.717, 1.165) is 70.3 Å². The van der Waals surface area contributed by atoms with E-state index in [1.54, 1.807) is 0 Å². The van der Waals surface area contributed by atoms with Gasteiger partial charge in [-0.05, 0) is 98.2 Å². The smallest absolute Gasteiger partial charge is 0.407 e. The second kappa shape index (κ2) is 18.1. The first kappa shape index (κ1) is 41.3. The zero-order valence-corrected chi connectivity index (χ0v) is 35.1. The standard InChI is InChI=1S/C45H53N9O8/c1-59-44(57)50-37(26-13-19-61-20-14-26)42(55)53-17-3-5-35(53)40-46-25-34(49-40)31-10-8-28-23-30(9-7-29(28)24-31)32-11-12-33-39(47-32)52-41(48-33)36-6-4-18-54(36)43(56)38(51-45(58)60-2)27-15-21-62-22-16-27/h7-12,23-27,35-38H,3-6,13-22H2,1-2H3,(H,46,49)(H,50,57)(H,51,58)(H,47,48,52)/t35-,36-,37-,38-/m0/s1. The number of pyridine rings is 1. The van der Waals surface area contributed by atoms with Gasteiger partial charge in [0.1, 0.15) is 23.7 Å². The van der Waals surface area contributed by atoms with Crippen LogP contribution in [-0.4, -0.2) is 125 Å². The highest BCUT2D eigenvalue weighted by molar-refractivity contribution is 5.91. The van der Waals surface area contributed by atoms with Crippen LogP contribution in [-0.2, 0) is 28.5 Å². The summed E-state index contributed by atoms with van der Waals surface area (Å²) < 4.78 is 20.8. The summed E-state index contributed by atoms with van der Waals surface area (Å²) in [6.07, 6.45) is 6.48. The molecule has 7 heterocycles. The molecule has 0 radical (unpaired) electrons. The highest BCUT2D eigenvalue weighted by Crippen LogP contribution is 2.36. The molecule has 2 aromatic carbocycles. The quantitative estimate of drug-likeness (QED) is 0.132. The number of carbonyl (C=O) groups is 4. The Hall–Kier alpha value is -6.07. The van der Waals surface area contributed by atoms with Crippen LogP contribution in [0.1, 0.15) is 75.1 Å². The lowest BCUT2D eigenvalue weighted by atomic mass is 9.90. The van der Waals surface area contributed by atoms with Crippen molar-refractivity contribution in [2.75, 3.05) is 53.7 Å². The number of amides is 4. The number of alkyl carbamates (subject to hydrolysis) is 2. The Kier molecular flexibility index (Phi) is 12.1. The number of hydrogen-bond donors (Lipinski definition) is 4. The minimum Gasteiger partial charge on any atom is -0.453 e. The van der Waals surface area contributed by atoms with Crippen molar-refractivity contribution in [2.24, 2.45) is 11.8 Å². The van der Waals surface area contributed by atoms with Crippen LogP contribution < -0.4 is 10.6 Å². The molecule has 326 valence electrons. The minimum atomic E-state index is -0.707.